The van der Waals surface area contributed by atoms with Crippen molar-refractivity contribution in [1.29, 1.82) is 5.26 Å². The van der Waals surface area contributed by atoms with Crippen LogP contribution >= 0.6 is 0 Å². The van der Waals surface area contributed by atoms with Gasteiger partial charge in [0.25, 0.3) is 5.69 Å². The Morgan fingerprint density at radius 1 is 1.08 bits per heavy atom. The molecule has 2 saturated heterocycles. The number of nitro groups is 1. The summed E-state index contributed by atoms with van der Waals surface area (Å²) in [7, 11) is 0. The SMILES string of the molecule is N#CC(c1ccccc1)(C1CCN(CC2CN(c3ccc([N+](=O)[O-])cc3)C2)CC1)C1CCCC1CNC(=O)O. The average Bonchev–Trinajstić information content (AvgIpc) is 3.40. The summed E-state index contributed by atoms with van der Waals surface area (Å²) in [4.78, 5) is 26.6. The zero-order chi connectivity index (χ0) is 27.4. The molecule has 9 heteroatoms. The lowest BCUT2D eigenvalue weighted by Crippen LogP contribution is -2.54. The smallest absolute Gasteiger partial charge is 0.404 e. The van der Waals surface area contributed by atoms with Gasteiger partial charge in [-0.1, -0.05) is 36.8 Å². The van der Waals surface area contributed by atoms with Gasteiger partial charge in [-0.2, -0.15) is 5.26 Å². The molecule has 3 unspecified atom stereocenters. The summed E-state index contributed by atoms with van der Waals surface area (Å²) in [6.45, 7) is 5.24. The molecule has 1 saturated carbocycles. The maximum absolute atomic E-state index is 11.2. The molecule has 206 valence electrons. The summed E-state index contributed by atoms with van der Waals surface area (Å²) in [5, 5.41) is 33.6. The number of hydrogen-bond acceptors (Lipinski definition) is 6. The normalized spacial score (nSPS) is 23.9. The molecular formula is C30H37N5O4. The van der Waals surface area contributed by atoms with Gasteiger partial charge in [-0.25, -0.2) is 4.79 Å². The lowest BCUT2D eigenvalue weighted by molar-refractivity contribution is -0.384. The van der Waals surface area contributed by atoms with Crippen molar-refractivity contribution in [2.45, 2.75) is 37.5 Å². The Hall–Kier alpha value is -3.64. The van der Waals surface area contributed by atoms with Crippen molar-refractivity contribution in [3.05, 3.63) is 70.3 Å². The lowest BCUT2D eigenvalue weighted by atomic mass is 9.58. The zero-order valence-corrected chi connectivity index (χ0v) is 22.2. The van der Waals surface area contributed by atoms with Crippen molar-refractivity contribution in [3.8, 4) is 6.07 Å². The van der Waals surface area contributed by atoms with Crippen LogP contribution in [0.3, 0.4) is 0 Å². The molecule has 39 heavy (non-hydrogen) atoms. The molecule has 3 aliphatic rings. The first kappa shape index (κ1) is 26.9. The number of piperidine rings is 1. The fraction of sp³-hybridized carbons (Fsp3) is 0.533. The summed E-state index contributed by atoms with van der Waals surface area (Å²) < 4.78 is 0. The summed E-state index contributed by atoms with van der Waals surface area (Å²) in [6.07, 6.45) is 3.84. The highest BCUT2D eigenvalue weighted by Crippen LogP contribution is 2.52. The van der Waals surface area contributed by atoms with Crippen LogP contribution in [0.5, 0.6) is 0 Å². The van der Waals surface area contributed by atoms with E-state index in [1.54, 1.807) is 12.1 Å². The highest BCUT2D eigenvalue weighted by molar-refractivity contribution is 5.64. The van der Waals surface area contributed by atoms with Crippen LogP contribution in [0.4, 0.5) is 16.2 Å². The molecular weight excluding hydrogens is 494 g/mol. The van der Waals surface area contributed by atoms with Crippen molar-refractivity contribution in [1.82, 2.24) is 10.2 Å². The molecule has 0 radical (unpaired) electrons. The maximum Gasteiger partial charge on any atom is 0.404 e. The average molecular weight is 532 g/mol. The molecule has 3 fully saturated rings. The second-order valence-electron chi connectivity index (χ2n) is 11.4. The molecule has 1 amide bonds. The second kappa shape index (κ2) is 11.6. The van der Waals surface area contributed by atoms with E-state index in [0.29, 0.717) is 12.5 Å². The molecule has 2 aliphatic heterocycles. The molecule has 2 heterocycles. The van der Waals surface area contributed by atoms with Gasteiger partial charge in [0, 0.05) is 49.9 Å². The molecule has 2 aromatic rings. The van der Waals surface area contributed by atoms with Gasteiger partial charge in [0.15, 0.2) is 0 Å². The first-order valence-electron chi connectivity index (χ1n) is 14.1. The third-order valence-corrected chi connectivity index (χ3v) is 9.33. The summed E-state index contributed by atoms with van der Waals surface area (Å²) in [5.41, 5.74) is 1.61. The van der Waals surface area contributed by atoms with Crippen molar-refractivity contribution in [2.24, 2.45) is 23.7 Å². The quantitative estimate of drug-likeness (QED) is 0.349. The summed E-state index contributed by atoms with van der Waals surface area (Å²) in [6, 6.07) is 19.8. The third kappa shape index (κ3) is 5.57. The predicted molar refractivity (Wildman–Crippen MR) is 149 cm³/mol. The number of likely N-dealkylation sites (tertiary alicyclic amines) is 1. The van der Waals surface area contributed by atoms with Crippen LogP contribution < -0.4 is 10.2 Å². The zero-order valence-electron chi connectivity index (χ0n) is 22.2. The van der Waals surface area contributed by atoms with E-state index in [1.165, 1.54) is 0 Å². The Labute approximate surface area is 229 Å². The fourth-order valence-electron chi connectivity index (χ4n) is 7.42. The third-order valence-electron chi connectivity index (χ3n) is 9.33. The van der Waals surface area contributed by atoms with Crippen molar-refractivity contribution in [3.63, 3.8) is 0 Å². The van der Waals surface area contributed by atoms with Crippen LogP contribution in [0, 0.1) is 45.1 Å². The minimum atomic E-state index is -1.00. The molecule has 9 nitrogen and oxygen atoms in total. The predicted octanol–water partition coefficient (Wildman–Crippen LogP) is 4.89. The Morgan fingerprint density at radius 2 is 1.77 bits per heavy atom. The number of hydrogen-bond donors (Lipinski definition) is 2. The van der Waals surface area contributed by atoms with Crippen LogP contribution in [-0.2, 0) is 5.41 Å². The van der Waals surface area contributed by atoms with Crippen LogP contribution in [0.1, 0.15) is 37.7 Å². The van der Waals surface area contributed by atoms with Crippen LogP contribution in [0.25, 0.3) is 0 Å². The highest BCUT2D eigenvalue weighted by atomic mass is 16.6. The second-order valence-corrected chi connectivity index (χ2v) is 11.4. The van der Waals surface area contributed by atoms with Crippen molar-refractivity contribution < 1.29 is 14.8 Å². The Morgan fingerprint density at radius 3 is 2.38 bits per heavy atom. The summed E-state index contributed by atoms with van der Waals surface area (Å²) in [5.74, 6) is 1.09. The van der Waals surface area contributed by atoms with Crippen molar-refractivity contribution in [2.75, 3.05) is 44.2 Å². The van der Waals surface area contributed by atoms with Gasteiger partial charge >= 0.3 is 6.09 Å². The van der Waals surface area contributed by atoms with E-state index in [-0.39, 0.29) is 28.4 Å². The number of amides is 1. The molecule has 1 aliphatic carbocycles. The molecule has 2 aromatic carbocycles. The number of carbonyl (C=O) groups is 1. The number of nitriles is 1. The number of nitro benzene ring substituents is 1. The van der Waals surface area contributed by atoms with E-state index in [9.17, 15) is 25.3 Å². The fourth-order valence-corrected chi connectivity index (χ4v) is 7.42. The maximum atomic E-state index is 11.2. The molecule has 0 bridgehead atoms. The van der Waals surface area contributed by atoms with Gasteiger partial charge in [0.1, 0.15) is 0 Å². The van der Waals surface area contributed by atoms with Crippen LogP contribution in [0.2, 0.25) is 0 Å². The minimum Gasteiger partial charge on any atom is -0.465 e. The van der Waals surface area contributed by atoms with E-state index in [4.69, 9.17) is 0 Å². The standard InChI is InChI=1S/C30H37N5O4/c31-21-30(24-6-2-1-3-7-24,28-8-4-5-23(28)17-32-29(36)37)25-13-15-33(16-14-25)18-22-19-34(20-22)26-9-11-27(12-10-26)35(38)39/h1-3,6-7,9-12,22-23,25,28,32H,4-5,8,13-20H2,(H,36,37). The number of nitrogens with one attached hydrogen (secondary N) is 1. The molecule has 5 rings (SSSR count). The Bertz CT molecular complexity index is 1190. The first-order valence-corrected chi connectivity index (χ1v) is 14.1. The Balaban J connectivity index is 1.22. The van der Waals surface area contributed by atoms with E-state index in [0.717, 1.165) is 76.1 Å². The van der Waals surface area contributed by atoms with E-state index in [2.05, 4.69) is 33.3 Å². The monoisotopic (exact) mass is 531 g/mol. The minimum absolute atomic E-state index is 0.115. The molecule has 0 spiro atoms. The largest absolute Gasteiger partial charge is 0.465 e. The van der Waals surface area contributed by atoms with Crippen LogP contribution in [0.15, 0.2) is 54.6 Å². The van der Waals surface area contributed by atoms with E-state index >= 15 is 0 Å². The number of benzene rings is 2. The van der Waals surface area contributed by atoms with Gasteiger partial charge in [0.05, 0.1) is 16.4 Å². The Kier molecular flexibility index (Phi) is 8.03. The van der Waals surface area contributed by atoms with Crippen LogP contribution in [-0.4, -0.2) is 60.3 Å². The van der Waals surface area contributed by atoms with Gasteiger partial charge in [-0.15, -0.1) is 0 Å². The van der Waals surface area contributed by atoms with Gasteiger partial charge < -0.3 is 20.2 Å². The number of anilines is 1. The number of carboxylic acid groups (broad SMARTS) is 1. The first-order chi connectivity index (χ1) is 18.9. The molecule has 2 N–H and O–H groups in total. The van der Waals surface area contributed by atoms with Gasteiger partial charge in [-0.3, -0.25) is 10.1 Å². The number of rotatable bonds is 9. The topological polar surface area (TPSA) is 123 Å². The van der Waals surface area contributed by atoms with Gasteiger partial charge in [-0.05, 0) is 74.2 Å². The van der Waals surface area contributed by atoms with Crippen molar-refractivity contribution >= 4 is 17.5 Å². The van der Waals surface area contributed by atoms with E-state index < -0.39 is 11.5 Å². The van der Waals surface area contributed by atoms with E-state index in [1.807, 2.05) is 30.3 Å². The highest BCUT2D eigenvalue weighted by Gasteiger charge is 2.52. The lowest BCUT2D eigenvalue weighted by Gasteiger charge is -2.48. The number of non-ortho nitro benzene ring substituents is 1. The van der Waals surface area contributed by atoms with Gasteiger partial charge in [0.2, 0.25) is 0 Å². The number of nitrogens with zero attached hydrogens (tertiary/aromatic N) is 4. The summed E-state index contributed by atoms with van der Waals surface area (Å²) >= 11 is 0. The molecule has 3 atom stereocenters. The molecule has 0 aromatic heterocycles.